The molecule has 1 nitrogen and oxygen atoms in total. The van der Waals surface area contributed by atoms with E-state index in [4.69, 9.17) is 11.6 Å². The van der Waals surface area contributed by atoms with Crippen LogP contribution in [0.15, 0.2) is 48.5 Å². The molecule has 0 fully saturated rings. The monoisotopic (exact) mass is 273 g/mol. The number of rotatable bonds is 5. The van der Waals surface area contributed by atoms with Gasteiger partial charge in [0, 0.05) is 11.1 Å². The molecule has 2 rings (SSSR count). The van der Waals surface area contributed by atoms with Crippen LogP contribution in [0.1, 0.15) is 29.7 Å². The van der Waals surface area contributed by atoms with Gasteiger partial charge in [-0.3, -0.25) is 0 Å². The molecule has 0 heterocycles. The first-order valence-electron chi connectivity index (χ1n) is 6.73. The molecule has 0 saturated carbocycles. The number of hydrogen-bond acceptors (Lipinski definition) is 1. The molecule has 0 aliphatic rings. The number of likely N-dealkylation sites (N-methyl/N-ethyl adjacent to an activating group) is 1. The molecular formula is C17H20ClN. The van der Waals surface area contributed by atoms with E-state index in [-0.39, 0.29) is 0 Å². The highest BCUT2D eigenvalue weighted by Crippen LogP contribution is 2.21. The number of halogens is 1. The predicted octanol–water partition coefficient (Wildman–Crippen LogP) is 4.41. The van der Waals surface area contributed by atoms with Gasteiger partial charge in [0.15, 0.2) is 0 Å². The molecule has 0 amide bonds. The maximum atomic E-state index is 6.06. The minimum absolute atomic E-state index is 0.297. The normalized spacial score (nSPS) is 12.4. The highest BCUT2D eigenvalue weighted by molar-refractivity contribution is 6.30. The minimum atomic E-state index is 0.297. The van der Waals surface area contributed by atoms with E-state index in [0.717, 1.165) is 17.9 Å². The lowest BCUT2D eigenvalue weighted by atomic mass is 9.98. The van der Waals surface area contributed by atoms with Crippen molar-refractivity contribution in [1.82, 2.24) is 5.32 Å². The van der Waals surface area contributed by atoms with Gasteiger partial charge < -0.3 is 5.32 Å². The third-order valence-electron chi connectivity index (χ3n) is 3.47. The van der Waals surface area contributed by atoms with Crippen LogP contribution in [0, 0.1) is 0 Å². The molecule has 0 aromatic heterocycles. The summed E-state index contributed by atoms with van der Waals surface area (Å²) in [4.78, 5) is 0. The molecular weight excluding hydrogens is 254 g/mol. The number of hydrogen-bond donors (Lipinski definition) is 1. The van der Waals surface area contributed by atoms with Crippen molar-refractivity contribution in [3.8, 4) is 0 Å². The molecule has 1 unspecified atom stereocenters. The fourth-order valence-corrected chi connectivity index (χ4v) is 2.46. The lowest BCUT2D eigenvalue weighted by Gasteiger charge is -2.17. The SMILES string of the molecule is CCc1ccc(CC(NC)c2cccc(Cl)c2)cc1. The summed E-state index contributed by atoms with van der Waals surface area (Å²) >= 11 is 6.06. The first kappa shape index (κ1) is 14.1. The topological polar surface area (TPSA) is 12.0 Å². The molecule has 2 heteroatoms. The van der Waals surface area contributed by atoms with Crippen molar-refractivity contribution in [3.63, 3.8) is 0 Å². The smallest absolute Gasteiger partial charge is 0.0409 e. The molecule has 0 bridgehead atoms. The van der Waals surface area contributed by atoms with Gasteiger partial charge in [0.05, 0.1) is 0 Å². The van der Waals surface area contributed by atoms with E-state index in [0.29, 0.717) is 6.04 Å². The zero-order valence-electron chi connectivity index (χ0n) is 11.5. The van der Waals surface area contributed by atoms with E-state index in [2.05, 4.69) is 42.6 Å². The van der Waals surface area contributed by atoms with Crippen molar-refractivity contribution in [2.75, 3.05) is 7.05 Å². The summed E-state index contributed by atoms with van der Waals surface area (Å²) in [6.07, 6.45) is 2.06. The summed E-state index contributed by atoms with van der Waals surface area (Å²) in [5, 5.41) is 4.15. The van der Waals surface area contributed by atoms with Crippen LogP contribution in [0.3, 0.4) is 0 Å². The summed E-state index contributed by atoms with van der Waals surface area (Å²) in [5.41, 5.74) is 3.96. The summed E-state index contributed by atoms with van der Waals surface area (Å²) in [6, 6.07) is 17.2. The van der Waals surface area contributed by atoms with Gasteiger partial charge in [0.1, 0.15) is 0 Å². The van der Waals surface area contributed by atoms with Crippen LogP contribution in [-0.2, 0) is 12.8 Å². The van der Waals surface area contributed by atoms with Gasteiger partial charge >= 0.3 is 0 Å². The summed E-state index contributed by atoms with van der Waals surface area (Å²) < 4.78 is 0. The Morgan fingerprint density at radius 2 is 1.74 bits per heavy atom. The average Bonchev–Trinajstić information content (AvgIpc) is 2.45. The Balaban J connectivity index is 2.14. The quantitative estimate of drug-likeness (QED) is 0.851. The maximum absolute atomic E-state index is 6.06. The van der Waals surface area contributed by atoms with Crippen molar-refractivity contribution in [1.29, 1.82) is 0 Å². The standard InChI is InChI=1S/C17H20ClN/c1-3-13-7-9-14(10-8-13)11-17(19-2)15-5-4-6-16(18)12-15/h4-10,12,17,19H,3,11H2,1-2H3. The number of aryl methyl sites for hydroxylation is 1. The van der Waals surface area contributed by atoms with Crippen molar-refractivity contribution in [3.05, 3.63) is 70.2 Å². The van der Waals surface area contributed by atoms with E-state index in [1.807, 2.05) is 25.2 Å². The molecule has 1 atom stereocenters. The molecule has 100 valence electrons. The maximum Gasteiger partial charge on any atom is 0.0409 e. The molecule has 0 aliphatic heterocycles. The first-order chi connectivity index (χ1) is 9.22. The lowest BCUT2D eigenvalue weighted by molar-refractivity contribution is 0.592. The van der Waals surface area contributed by atoms with Crippen LogP contribution in [0.25, 0.3) is 0 Å². The van der Waals surface area contributed by atoms with E-state index < -0.39 is 0 Å². The van der Waals surface area contributed by atoms with Crippen LogP contribution >= 0.6 is 11.6 Å². The van der Waals surface area contributed by atoms with Crippen LogP contribution < -0.4 is 5.32 Å². The van der Waals surface area contributed by atoms with E-state index in [9.17, 15) is 0 Å². The van der Waals surface area contributed by atoms with Crippen molar-refractivity contribution in [2.45, 2.75) is 25.8 Å². The van der Waals surface area contributed by atoms with Gasteiger partial charge in [-0.1, -0.05) is 54.9 Å². The fourth-order valence-electron chi connectivity index (χ4n) is 2.26. The fraction of sp³-hybridized carbons (Fsp3) is 0.294. The first-order valence-corrected chi connectivity index (χ1v) is 7.11. The van der Waals surface area contributed by atoms with Crippen molar-refractivity contribution < 1.29 is 0 Å². The summed E-state index contributed by atoms with van der Waals surface area (Å²) in [5.74, 6) is 0. The highest BCUT2D eigenvalue weighted by Gasteiger charge is 2.10. The Morgan fingerprint density at radius 1 is 1.05 bits per heavy atom. The highest BCUT2D eigenvalue weighted by atomic mass is 35.5. The zero-order valence-corrected chi connectivity index (χ0v) is 12.2. The van der Waals surface area contributed by atoms with Gasteiger partial charge in [0.2, 0.25) is 0 Å². The summed E-state index contributed by atoms with van der Waals surface area (Å²) in [7, 11) is 1.99. The van der Waals surface area contributed by atoms with Gasteiger partial charge in [-0.25, -0.2) is 0 Å². The number of benzene rings is 2. The van der Waals surface area contributed by atoms with Crippen LogP contribution in [0.4, 0.5) is 0 Å². The minimum Gasteiger partial charge on any atom is -0.313 e. The summed E-state index contributed by atoms with van der Waals surface area (Å²) in [6.45, 7) is 2.18. The number of nitrogens with one attached hydrogen (secondary N) is 1. The van der Waals surface area contributed by atoms with Crippen LogP contribution in [-0.4, -0.2) is 7.05 Å². The van der Waals surface area contributed by atoms with Gasteiger partial charge in [-0.05, 0) is 48.7 Å². The second-order valence-electron chi connectivity index (χ2n) is 4.77. The Kier molecular flexibility index (Phi) is 5.00. The van der Waals surface area contributed by atoms with E-state index in [1.165, 1.54) is 16.7 Å². The third kappa shape index (κ3) is 3.82. The predicted molar refractivity (Wildman–Crippen MR) is 82.8 cm³/mol. The average molecular weight is 274 g/mol. The third-order valence-corrected chi connectivity index (χ3v) is 3.71. The second kappa shape index (κ2) is 6.74. The lowest BCUT2D eigenvalue weighted by Crippen LogP contribution is -2.18. The van der Waals surface area contributed by atoms with Gasteiger partial charge in [-0.2, -0.15) is 0 Å². The molecule has 19 heavy (non-hydrogen) atoms. The molecule has 2 aromatic rings. The Hall–Kier alpha value is -1.31. The molecule has 2 aromatic carbocycles. The van der Waals surface area contributed by atoms with Crippen LogP contribution in [0.2, 0.25) is 5.02 Å². The van der Waals surface area contributed by atoms with Crippen molar-refractivity contribution >= 4 is 11.6 Å². The van der Waals surface area contributed by atoms with Crippen molar-refractivity contribution in [2.24, 2.45) is 0 Å². The van der Waals surface area contributed by atoms with E-state index >= 15 is 0 Å². The van der Waals surface area contributed by atoms with Crippen LogP contribution in [0.5, 0.6) is 0 Å². The van der Waals surface area contributed by atoms with E-state index in [1.54, 1.807) is 0 Å². The molecule has 0 spiro atoms. The molecule has 0 aliphatic carbocycles. The van der Waals surface area contributed by atoms with Gasteiger partial charge in [-0.15, -0.1) is 0 Å². The Labute approximate surface area is 120 Å². The molecule has 0 saturated heterocycles. The second-order valence-corrected chi connectivity index (χ2v) is 5.21. The Bertz CT molecular complexity index is 519. The molecule has 1 N–H and O–H groups in total. The van der Waals surface area contributed by atoms with Gasteiger partial charge in [0.25, 0.3) is 0 Å². The Morgan fingerprint density at radius 3 is 2.32 bits per heavy atom. The molecule has 0 radical (unpaired) electrons. The largest absolute Gasteiger partial charge is 0.313 e. The zero-order chi connectivity index (χ0) is 13.7.